The Balaban J connectivity index is 1.73. The fourth-order valence-corrected chi connectivity index (χ4v) is 3.48. The molecule has 5 heteroatoms. The van der Waals surface area contributed by atoms with Crippen LogP contribution < -0.4 is 5.56 Å². The second-order valence-electron chi connectivity index (χ2n) is 5.07. The maximum Gasteiger partial charge on any atom is 0.258 e. The van der Waals surface area contributed by atoms with E-state index < -0.39 is 0 Å². The van der Waals surface area contributed by atoms with Gasteiger partial charge in [0.05, 0.1) is 5.69 Å². The lowest BCUT2D eigenvalue weighted by molar-refractivity contribution is 0.810. The van der Waals surface area contributed by atoms with E-state index in [0.29, 0.717) is 11.8 Å². The van der Waals surface area contributed by atoms with E-state index in [9.17, 15) is 4.79 Å². The molecule has 0 N–H and O–H groups in total. The Labute approximate surface area is 114 Å². The van der Waals surface area contributed by atoms with Crippen molar-refractivity contribution in [2.24, 2.45) is 7.05 Å². The molecule has 0 unspecified atom stereocenters. The molecule has 0 aliphatic heterocycles. The number of nitrogens with zero attached hydrogens (tertiary/aromatic N) is 3. The van der Waals surface area contributed by atoms with E-state index in [2.05, 4.69) is 34.9 Å². The minimum Gasteiger partial charge on any atom is -0.354 e. The van der Waals surface area contributed by atoms with Crippen LogP contribution >= 0.6 is 11.3 Å². The van der Waals surface area contributed by atoms with Gasteiger partial charge >= 0.3 is 0 Å². The van der Waals surface area contributed by atoms with E-state index in [0.717, 1.165) is 17.1 Å². The van der Waals surface area contributed by atoms with Gasteiger partial charge in [-0.1, -0.05) is 0 Å². The van der Waals surface area contributed by atoms with Crippen LogP contribution in [0.5, 0.6) is 0 Å². The van der Waals surface area contributed by atoms with E-state index >= 15 is 0 Å². The van der Waals surface area contributed by atoms with Gasteiger partial charge in [-0.15, -0.1) is 11.3 Å². The highest BCUT2D eigenvalue weighted by Crippen LogP contribution is 2.53. The molecular formula is C14H13N3OS. The third-order valence-electron chi connectivity index (χ3n) is 3.86. The third-order valence-corrected chi connectivity index (χ3v) is 4.61. The standard InChI is InChI=1S/C14H13N3OS/c1-16-4-2-3-12(16)10-7-9(10)11-8-13(18)17-5-6-19-14(17)15-11/h2-6,8-10H,7H2,1H3/t9-,10-/m1/s1. The van der Waals surface area contributed by atoms with Crippen LogP contribution in [0, 0.1) is 0 Å². The molecule has 0 saturated heterocycles. The number of hydrogen-bond donors (Lipinski definition) is 0. The first-order chi connectivity index (χ1) is 9.24. The lowest BCUT2D eigenvalue weighted by Crippen LogP contribution is -2.12. The molecule has 1 aliphatic rings. The number of fused-ring (bicyclic) bond motifs is 1. The molecule has 0 spiro atoms. The molecule has 3 aromatic rings. The van der Waals surface area contributed by atoms with Crippen molar-refractivity contribution in [3.63, 3.8) is 0 Å². The molecule has 0 amide bonds. The zero-order valence-electron chi connectivity index (χ0n) is 10.5. The second kappa shape index (κ2) is 3.81. The van der Waals surface area contributed by atoms with Crippen molar-refractivity contribution in [1.82, 2.24) is 14.0 Å². The Morgan fingerprint density at radius 1 is 1.37 bits per heavy atom. The van der Waals surface area contributed by atoms with Gasteiger partial charge in [0.2, 0.25) is 0 Å². The highest BCUT2D eigenvalue weighted by atomic mass is 32.1. The minimum atomic E-state index is 0.0266. The van der Waals surface area contributed by atoms with Crippen LogP contribution in [-0.4, -0.2) is 14.0 Å². The molecule has 3 aromatic heterocycles. The second-order valence-corrected chi connectivity index (χ2v) is 5.94. The molecule has 0 bridgehead atoms. The summed E-state index contributed by atoms with van der Waals surface area (Å²) < 4.78 is 3.76. The summed E-state index contributed by atoms with van der Waals surface area (Å²) in [7, 11) is 2.06. The van der Waals surface area contributed by atoms with E-state index in [1.165, 1.54) is 17.0 Å². The van der Waals surface area contributed by atoms with Gasteiger partial charge in [-0.25, -0.2) is 4.98 Å². The molecule has 4 nitrogen and oxygen atoms in total. The van der Waals surface area contributed by atoms with Crippen molar-refractivity contribution in [3.05, 3.63) is 57.7 Å². The van der Waals surface area contributed by atoms with Gasteiger partial charge in [-0.2, -0.15) is 0 Å². The first-order valence-electron chi connectivity index (χ1n) is 6.32. The molecular weight excluding hydrogens is 258 g/mol. The number of aromatic nitrogens is 3. The van der Waals surface area contributed by atoms with E-state index in [1.807, 2.05) is 5.38 Å². The van der Waals surface area contributed by atoms with Gasteiger partial charge < -0.3 is 4.57 Å². The highest BCUT2D eigenvalue weighted by Gasteiger charge is 2.42. The normalized spacial score (nSPS) is 21.9. The molecule has 1 saturated carbocycles. The molecule has 1 aliphatic carbocycles. The number of rotatable bonds is 2. The summed E-state index contributed by atoms with van der Waals surface area (Å²) in [4.78, 5) is 17.4. The predicted molar refractivity (Wildman–Crippen MR) is 74.9 cm³/mol. The third kappa shape index (κ3) is 1.65. The number of thiazole rings is 1. The molecule has 3 heterocycles. The summed E-state index contributed by atoms with van der Waals surface area (Å²) >= 11 is 1.51. The lowest BCUT2D eigenvalue weighted by Gasteiger charge is -2.02. The van der Waals surface area contributed by atoms with Crippen LogP contribution in [0.25, 0.3) is 4.96 Å². The van der Waals surface area contributed by atoms with Crippen LogP contribution in [0.3, 0.4) is 0 Å². The SMILES string of the molecule is Cn1cccc1[C@@H]1C[C@H]1c1cc(=O)n2ccsc2n1. The highest BCUT2D eigenvalue weighted by molar-refractivity contribution is 7.15. The van der Waals surface area contributed by atoms with Crippen molar-refractivity contribution in [3.8, 4) is 0 Å². The number of hydrogen-bond acceptors (Lipinski definition) is 3. The Kier molecular flexibility index (Phi) is 2.20. The molecule has 19 heavy (non-hydrogen) atoms. The van der Waals surface area contributed by atoms with Crippen molar-refractivity contribution >= 4 is 16.3 Å². The molecule has 1 fully saturated rings. The fourth-order valence-electron chi connectivity index (χ4n) is 2.76. The van der Waals surface area contributed by atoms with Crippen molar-refractivity contribution in [2.75, 3.05) is 0 Å². The van der Waals surface area contributed by atoms with Crippen LogP contribution in [0.2, 0.25) is 0 Å². The summed E-state index contributed by atoms with van der Waals surface area (Å²) in [5, 5.41) is 1.90. The summed E-state index contributed by atoms with van der Waals surface area (Å²) in [6.07, 6.45) is 4.93. The van der Waals surface area contributed by atoms with Gasteiger partial charge in [0, 0.05) is 48.4 Å². The van der Waals surface area contributed by atoms with Crippen LogP contribution in [0.15, 0.2) is 40.8 Å². The molecule has 0 radical (unpaired) electrons. The largest absolute Gasteiger partial charge is 0.354 e. The van der Waals surface area contributed by atoms with Crippen LogP contribution in [0.4, 0.5) is 0 Å². The van der Waals surface area contributed by atoms with E-state index in [1.54, 1.807) is 16.7 Å². The average molecular weight is 271 g/mol. The van der Waals surface area contributed by atoms with Gasteiger partial charge in [0.15, 0.2) is 4.96 Å². The molecule has 96 valence electrons. The number of aryl methyl sites for hydroxylation is 1. The first kappa shape index (κ1) is 11.0. The van der Waals surface area contributed by atoms with Crippen LogP contribution in [0.1, 0.15) is 29.6 Å². The maximum atomic E-state index is 12.0. The monoisotopic (exact) mass is 271 g/mol. The van der Waals surface area contributed by atoms with Crippen molar-refractivity contribution in [2.45, 2.75) is 18.3 Å². The average Bonchev–Trinajstić information content (AvgIpc) is 2.82. The molecule has 2 atom stereocenters. The summed E-state index contributed by atoms with van der Waals surface area (Å²) in [5.41, 5.74) is 2.30. The zero-order chi connectivity index (χ0) is 13.0. The summed E-state index contributed by atoms with van der Waals surface area (Å²) in [6, 6.07) is 5.91. The quantitative estimate of drug-likeness (QED) is 0.718. The Morgan fingerprint density at radius 2 is 2.26 bits per heavy atom. The van der Waals surface area contributed by atoms with E-state index in [-0.39, 0.29) is 5.56 Å². The zero-order valence-corrected chi connectivity index (χ0v) is 11.3. The fraction of sp³-hybridized carbons (Fsp3) is 0.286. The van der Waals surface area contributed by atoms with Crippen LogP contribution in [-0.2, 0) is 7.05 Å². The smallest absolute Gasteiger partial charge is 0.258 e. The van der Waals surface area contributed by atoms with Crippen molar-refractivity contribution in [1.29, 1.82) is 0 Å². The maximum absolute atomic E-state index is 12.0. The van der Waals surface area contributed by atoms with Gasteiger partial charge in [0.25, 0.3) is 5.56 Å². The van der Waals surface area contributed by atoms with Crippen molar-refractivity contribution < 1.29 is 0 Å². The van der Waals surface area contributed by atoms with E-state index in [4.69, 9.17) is 0 Å². The molecule has 0 aromatic carbocycles. The Bertz CT molecular complexity index is 813. The first-order valence-corrected chi connectivity index (χ1v) is 7.20. The van der Waals surface area contributed by atoms with Gasteiger partial charge in [-0.05, 0) is 18.6 Å². The van der Waals surface area contributed by atoms with Gasteiger partial charge in [0.1, 0.15) is 0 Å². The lowest BCUT2D eigenvalue weighted by atomic mass is 10.2. The predicted octanol–water partition coefficient (Wildman–Crippen LogP) is 2.37. The Hall–Kier alpha value is -1.88. The topological polar surface area (TPSA) is 39.3 Å². The molecule has 4 rings (SSSR count). The summed E-state index contributed by atoms with van der Waals surface area (Å²) in [6.45, 7) is 0. The van der Waals surface area contributed by atoms with Gasteiger partial charge in [-0.3, -0.25) is 9.20 Å². The summed E-state index contributed by atoms with van der Waals surface area (Å²) in [5.74, 6) is 0.905. The Morgan fingerprint density at radius 3 is 3.05 bits per heavy atom. The minimum absolute atomic E-state index is 0.0266.